The molecule has 6 N–H and O–H groups in total. The summed E-state index contributed by atoms with van der Waals surface area (Å²) in [5.74, 6) is 3.40. The average Bonchev–Trinajstić information content (AvgIpc) is 0.916. The van der Waals surface area contributed by atoms with Gasteiger partial charge >= 0.3 is 0 Å². The number of nitrogens with zero attached hydrogens (tertiary/aromatic N) is 9. The molecular formula is C79H96F2N12O3. The zero-order chi connectivity index (χ0) is 67.0. The van der Waals surface area contributed by atoms with Crippen molar-refractivity contribution in [3.8, 4) is 51.0 Å². The highest BCUT2D eigenvalue weighted by atomic mass is 19.1. The molecule has 4 atom stereocenters. The number of piperazine rings is 2. The van der Waals surface area contributed by atoms with Gasteiger partial charge in [0.15, 0.2) is 0 Å². The molecule has 12 rings (SSSR count). The molecule has 6 aromatic carbocycles. The molecule has 3 aliphatic heterocycles. The van der Waals surface area contributed by atoms with E-state index in [1.807, 2.05) is 72.9 Å². The van der Waals surface area contributed by atoms with Gasteiger partial charge in [-0.05, 0) is 216 Å². The maximum atomic E-state index is 14.7. The summed E-state index contributed by atoms with van der Waals surface area (Å²) < 4.78 is 29.4. The topological polar surface area (TPSA) is 184 Å². The van der Waals surface area contributed by atoms with Crippen molar-refractivity contribution in [3.05, 3.63) is 233 Å². The maximum Gasteiger partial charge on any atom is 0.132 e. The Morgan fingerprint density at radius 2 is 1.02 bits per heavy atom. The number of hydrogen-bond donors (Lipinski definition) is 6. The second-order valence-corrected chi connectivity index (χ2v) is 26.1. The molecule has 96 heavy (non-hydrogen) atoms. The summed E-state index contributed by atoms with van der Waals surface area (Å²) in [5.41, 5.74) is 11.3. The van der Waals surface area contributed by atoms with E-state index in [1.165, 1.54) is 30.5 Å². The number of aromatic nitrogens is 6. The first-order chi connectivity index (χ1) is 46.7. The van der Waals surface area contributed by atoms with Gasteiger partial charge in [-0.25, -0.2) is 38.7 Å². The third-order valence-electron chi connectivity index (χ3n) is 18.4. The number of nitrogens with one attached hydrogen (secondary N) is 3. The lowest BCUT2D eigenvalue weighted by atomic mass is 9.98. The van der Waals surface area contributed by atoms with Crippen molar-refractivity contribution in [1.29, 1.82) is 0 Å². The zero-order valence-electron chi connectivity index (χ0n) is 56.4. The standard InChI is InChI=1S/C28H36N4O.C26H31FN4O.C25H29FN4O/c1-2-32(21-24-8-5-16-29-19-24)20-23-7-3-9-25(18-23)27-15-17-30-28(31-27)10-4-6-22-11-13-26(33)14-12-22;1-18-16-31(19(2)15-29-18)17-21-9-10-24(27)23(14-21)25-11-12-28-26(30-25)8-4-6-20-5-3-7-22(32)13-20;1-18-16-27-12-13-30(18)17-20-8-9-23(26)22(15-20)24-10-11-28-25(29-24)7-3-5-19-4-2-6-21(31)14-19/h3,7,9,11-15,17-18,24,29,33H,2,4-6,8,10,16,19-21H2,1H3;3,5,7,9-14,18-19,29,32H,4,6,8,15-17H2,1-2H3;2,4,6,8-11,14-15,18,27,31H,3,5,7,12-13,16-17H2,1H3/t24-;18-,19+;18-/m110/s1. The lowest BCUT2D eigenvalue weighted by molar-refractivity contribution is 0.139. The number of phenolic OH excluding ortho intramolecular Hbond substituents is 3. The van der Waals surface area contributed by atoms with Gasteiger partial charge in [-0.2, -0.15) is 0 Å². The molecule has 15 nitrogen and oxygen atoms in total. The van der Waals surface area contributed by atoms with Crippen LogP contribution in [0.4, 0.5) is 8.78 Å². The minimum Gasteiger partial charge on any atom is -0.508 e. The Kier molecular flexibility index (Phi) is 26.4. The minimum atomic E-state index is -0.264. The number of hydrogen-bond acceptors (Lipinski definition) is 15. The van der Waals surface area contributed by atoms with Crippen LogP contribution in [0.3, 0.4) is 0 Å². The van der Waals surface area contributed by atoms with Crippen molar-refractivity contribution < 1.29 is 24.1 Å². The van der Waals surface area contributed by atoms with E-state index in [2.05, 4.69) is 108 Å². The zero-order valence-corrected chi connectivity index (χ0v) is 56.4. The van der Waals surface area contributed by atoms with Gasteiger partial charge in [0.05, 0.1) is 17.1 Å². The Bertz CT molecular complexity index is 3870. The van der Waals surface area contributed by atoms with E-state index >= 15 is 0 Å². The number of halogens is 2. The first-order valence-electron chi connectivity index (χ1n) is 34.6. The fourth-order valence-corrected chi connectivity index (χ4v) is 12.9. The molecule has 3 aromatic heterocycles. The van der Waals surface area contributed by atoms with Crippen molar-refractivity contribution in [2.24, 2.45) is 5.92 Å². The monoisotopic (exact) mass is 1300 g/mol. The molecule has 0 saturated carbocycles. The highest BCUT2D eigenvalue weighted by Gasteiger charge is 2.24. The Balaban J connectivity index is 0.000000157. The summed E-state index contributed by atoms with van der Waals surface area (Å²) in [6.07, 6.45) is 15.4. The highest BCUT2D eigenvalue weighted by Crippen LogP contribution is 2.28. The van der Waals surface area contributed by atoms with Crippen LogP contribution in [0.5, 0.6) is 17.2 Å². The number of aromatic hydroxyl groups is 3. The second-order valence-electron chi connectivity index (χ2n) is 26.1. The van der Waals surface area contributed by atoms with E-state index in [9.17, 15) is 24.1 Å². The van der Waals surface area contributed by atoms with Crippen LogP contribution in [-0.4, -0.2) is 137 Å². The predicted octanol–water partition coefficient (Wildman–Crippen LogP) is 13.1. The molecule has 0 bridgehead atoms. The molecule has 9 aromatic rings. The summed E-state index contributed by atoms with van der Waals surface area (Å²) in [5, 5.41) is 39.1. The molecule has 504 valence electrons. The molecule has 17 heteroatoms. The molecule has 3 saturated heterocycles. The summed E-state index contributed by atoms with van der Waals surface area (Å²) in [6.45, 7) is 20.9. The van der Waals surface area contributed by atoms with Gasteiger partial charge in [-0.15, -0.1) is 0 Å². The van der Waals surface area contributed by atoms with E-state index in [1.54, 1.807) is 73.1 Å². The third kappa shape index (κ3) is 21.8. The van der Waals surface area contributed by atoms with Crippen LogP contribution >= 0.6 is 0 Å². The third-order valence-corrected chi connectivity index (χ3v) is 18.4. The van der Waals surface area contributed by atoms with Crippen LogP contribution in [0.2, 0.25) is 0 Å². The lowest BCUT2D eigenvalue weighted by Crippen LogP contribution is -2.53. The maximum absolute atomic E-state index is 14.7. The van der Waals surface area contributed by atoms with E-state index < -0.39 is 0 Å². The molecule has 0 radical (unpaired) electrons. The van der Waals surface area contributed by atoms with Crippen molar-refractivity contribution in [2.75, 3.05) is 58.9 Å². The quantitative estimate of drug-likeness (QED) is 0.0336. The SMILES string of the molecule is CCN(Cc1cccc(-c2ccnc(CCCc3ccc(O)cc3)n2)c1)C[C@@H]1CCCNC1.C[C@@H]1CN(Cc2ccc(F)c(-c3ccnc(CCCc4cccc(O)c4)n3)c2)[C@@H](C)CN1.C[C@H]1CNCCN1Cc1ccc(F)c(-c2ccnc(CCCc3cccc(O)c3)n2)c1. The van der Waals surface area contributed by atoms with Crippen molar-refractivity contribution in [3.63, 3.8) is 0 Å². The summed E-state index contributed by atoms with van der Waals surface area (Å²) in [7, 11) is 0. The molecule has 0 unspecified atom stereocenters. The summed E-state index contributed by atoms with van der Waals surface area (Å²) in [4.78, 5) is 34.8. The first-order valence-corrected chi connectivity index (χ1v) is 34.6. The number of benzene rings is 6. The molecule has 0 aliphatic carbocycles. The summed E-state index contributed by atoms with van der Waals surface area (Å²) >= 11 is 0. The predicted molar refractivity (Wildman–Crippen MR) is 379 cm³/mol. The Labute approximate surface area is 566 Å². The van der Waals surface area contributed by atoms with Gasteiger partial charge in [0.2, 0.25) is 0 Å². The average molecular weight is 1300 g/mol. The van der Waals surface area contributed by atoms with E-state index in [-0.39, 0.29) is 23.1 Å². The highest BCUT2D eigenvalue weighted by molar-refractivity contribution is 5.62. The Hall–Kier alpha value is -8.42. The number of phenols is 3. The van der Waals surface area contributed by atoms with Crippen molar-refractivity contribution in [1.82, 2.24) is 60.6 Å². The number of aryl methyl sites for hydroxylation is 6. The van der Waals surface area contributed by atoms with E-state index in [0.717, 1.165) is 162 Å². The largest absolute Gasteiger partial charge is 0.508 e. The van der Waals surface area contributed by atoms with Crippen LogP contribution < -0.4 is 16.0 Å². The van der Waals surface area contributed by atoms with Gasteiger partial charge in [0.25, 0.3) is 0 Å². The number of piperidine rings is 1. The first kappa shape index (κ1) is 70.4. The van der Waals surface area contributed by atoms with Gasteiger partial charge < -0.3 is 31.3 Å². The molecule has 3 fully saturated rings. The smallest absolute Gasteiger partial charge is 0.132 e. The van der Waals surface area contributed by atoms with Crippen LogP contribution in [0.15, 0.2) is 170 Å². The number of rotatable bonds is 24. The molecule has 0 spiro atoms. The van der Waals surface area contributed by atoms with Crippen LogP contribution in [-0.2, 0) is 58.2 Å². The second kappa shape index (κ2) is 36.1. The molecule has 6 heterocycles. The molecule has 3 aliphatic rings. The van der Waals surface area contributed by atoms with Crippen molar-refractivity contribution in [2.45, 2.75) is 136 Å². The summed E-state index contributed by atoms with van der Waals surface area (Å²) in [6, 6.07) is 48.4. The normalized spacial score (nSPS) is 17.5. The minimum absolute atomic E-state index is 0.262. The van der Waals surface area contributed by atoms with Crippen LogP contribution in [0, 0.1) is 17.6 Å². The Morgan fingerprint density at radius 1 is 0.500 bits per heavy atom. The van der Waals surface area contributed by atoms with Gasteiger partial charge in [0, 0.05) is 132 Å². The lowest BCUT2D eigenvalue weighted by Gasteiger charge is -2.37. The van der Waals surface area contributed by atoms with Crippen LogP contribution in [0.25, 0.3) is 33.8 Å². The van der Waals surface area contributed by atoms with Crippen LogP contribution in [0.1, 0.15) is 111 Å². The Morgan fingerprint density at radius 3 is 1.58 bits per heavy atom. The fourth-order valence-electron chi connectivity index (χ4n) is 12.9. The van der Waals surface area contributed by atoms with Gasteiger partial charge in [-0.3, -0.25) is 14.7 Å². The van der Waals surface area contributed by atoms with Crippen molar-refractivity contribution >= 4 is 0 Å². The fraction of sp³-hybridized carbons (Fsp3) is 0.392. The van der Waals surface area contributed by atoms with Gasteiger partial charge in [0.1, 0.15) is 46.4 Å². The van der Waals surface area contributed by atoms with E-state index in [0.29, 0.717) is 70.9 Å². The van der Waals surface area contributed by atoms with E-state index in [4.69, 9.17) is 4.98 Å². The van der Waals surface area contributed by atoms with Gasteiger partial charge in [-0.1, -0.05) is 73.7 Å². The molecule has 0 amide bonds. The molecular weight excluding hydrogens is 1200 g/mol.